The molecule has 2 rings (SSSR count). The number of ether oxygens (including phenoxy) is 1. The second-order valence-electron chi connectivity index (χ2n) is 3.21. The van der Waals surface area contributed by atoms with E-state index in [1.54, 1.807) is 7.11 Å². The largest absolute Gasteiger partial charge is 0.496 e. The van der Waals surface area contributed by atoms with E-state index in [9.17, 15) is 0 Å². The highest BCUT2D eigenvalue weighted by Crippen LogP contribution is 2.32. The summed E-state index contributed by atoms with van der Waals surface area (Å²) in [5, 5.41) is 0. The maximum absolute atomic E-state index is 5.91. The third kappa shape index (κ3) is 1.79. The first-order valence-corrected chi connectivity index (χ1v) is 4.72. The molecule has 0 atom stereocenters. The first-order chi connectivity index (χ1) is 7.33. The van der Waals surface area contributed by atoms with Crippen LogP contribution in [-0.4, -0.2) is 7.11 Å². The van der Waals surface area contributed by atoms with Crippen molar-refractivity contribution in [2.24, 2.45) is 0 Å². The molecule has 2 heteroatoms. The quantitative estimate of drug-likeness (QED) is 0.753. The molecule has 75 valence electrons. The molecular weight excluding hydrogens is 186 g/mol. The summed E-state index contributed by atoms with van der Waals surface area (Å²) in [5.74, 6) is 0.787. The zero-order valence-corrected chi connectivity index (χ0v) is 8.53. The van der Waals surface area contributed by atoms with Crippen LogP contribution in [0.15, 0.2) is 42.5 Å². The number of rotatable bonds is 2. The molecule has 2 N–H and O–H groups in total. The van der Waals surface area contributed by atoms with Gasteiger partial charge in [-0.2, -0.15) is 0 Å². The van der Waals surface area contributed by atoms with E-state index in [4.69, 9.17) is 10.5 Å². The Balaban J connectivity index is 2.59. The van der Waals surface area contributed by atoms with E-state index >= 15 is 0 Å². The van der Waals surface area contributed by atoms with E-state index in [-0.39, 0.29) is 0 Å². The topological polar surface area (TPSA) is 35.2 Å². The van der Waals surface area contributed by atoms with Crippen molar-refractivity contribution in [1.29, 1.82) is 0 Å². The summed E-state index contributed by atoms with van der Waals surface area (Å²) in [6.07, 6.45) is 0. The monoisotopic (exact) mass is 198 g/mol. The molecule has 0 fully saturated rings. The van der Waals surface area contributed by atoms with Crippen LogP contribution in [0, 0.1) is 6.07 Å². The van der Waals surface area contributed by atoms with Gasteiger partial charge in [0.1, 0.15) is 5.75 Å². The van der Waals surface area contributed by atoms with Crippen molar-refractivity contribution in [3.05, 3.63) is 48.5 Å². The average molecular weight is 198 g/mol. The van der Waals surface area contributed by atoms with Crippen molar-refractivity contribution in [3.63, 3.8) is 0 Å². The summed E-state index contributed by atoms with van der Waals surface area (Å²) >= 11 is 0. The minimum Gasteiger partial charge on any atom is -0.496 e. The van der Waals surface area contributed by atoms with Gasteiger partial charge in [0.2, 0.25) is 0 Å². The lowest BCUT2D eigenvalue weighted by molar-refractivity contribution is 0.416. The second-order valence-corrected chi connectivity index (χ2v) is 3.21. The molecule has 0 heterocycles. The molecule has 2 aromatic carbocycles. The van der Waals surface area contributed by atoms with Crippen molar-refractivity contribution >= 4 is 5.69 Å². The lowest BCUT2D eigenvalue weighted by Gasteiger charge is -2.09. The van der Waals surface area contributed by atoms with Crippen LogP contribution in [0.5, 0.6) is 5.75 Å². The third-order valence-corrected chi connectivity index (χ3v) is 2.30. The molecule has 0 spiro atoms. The summed E-state index contributed by atoms with van der Waals surface area (Å²) < 4.78 is 5.27. The number of anilines is 1. The Hall–Kier alpha value is -1.96. The number of hydrogen-bond acceptors (Lipinski definition) is 2. The van der Waals surface area contributed by atoms with Crippen molar-refractivity contribution in [3.8, 4) is 16.9 Å². The molecule has 0 unspecified atom stereocenters. The van der Waals surface area contributed by atoms with Crippen LogP contribution in [0.3, 0.4) is 0 Å². The van der Waals surface area contributed by atoms with Crippen LogP contribution >= 0.6 is 0 Å². The summed E-state index contributed by atoms with van der Waals surface area (Å²) in [7, 11) is 1.64. The summed E-state index contributed by atoms with van der Waals surface area (Å²) in [4.78, 5) is 0. The van der Waals surface area contributed by atoms with Crippen LogP contribution in [0.25, 0.3) is 11.1 Å². The van der Waals surface area contributed by atoms with Gasteiger partial charge in [-0.1, -0.05) is 24.3 Å². The van der Waals surface area contributed by atoms with Gasteiger partial charge in [-0.05, 0) is 24.3 Å². The predicted octanol–water partition coefficient (Wildman–Crippen LogP) is 2.74. The molecule has 0 saturated carbocycles. The number of nitrogens with two attached hydrogens (primary N) is 1. The Labute approximate surface area is 89.3 Å². The van der Waals surface area contributed by atoms with E-state index in [1.165, 1.54) is 0 Å². The fourth-order valence-electron chi connectivity index (χ4n) is 1.55. The standard InChI is InChI=1S/C13H12NO/c1-15-13-9-5-3-7-11(13)10-6-2-4-8-12(10)14/h2-4,6-9H,14H2,1H3. The molecule has 0 aliphatic carbocycles. The SMILES string of the molecule is COc1c[c]ccc1-c1ccccc1N. The zero-order chi connectivity index (χ0) is 10.7. The molecule has 0 amide bonds. The minimum absolute atomic E-state index is 0.752. The average Bonchev–Trinajstić information content (AvgIpc) is 2.30. The molecule has 0 saturated heterocycles. The Morgan fingerprint density at radius 3 is 2.67 bits per heavy atom. The molecule has 0 aliphatic heterocycles. The molecule has 0 aliphatic rings. The van der Waals surface area contributed by atoms with E-state index in [0.29, 0.717) is 0 Å². The van der Waals surface area contributed by atoms with Gasteiger partial charge >= 0.3 is 0 Å². The normalized spacial score (nSPS) is 9.93. The molecule has 2 nitrogen and oxygen atoms in total. The van der Waals surface area contributed by atoms with Crippen molar-refractivity contribution in [1.82, 2.24) is 0 Å². The van der Waals surface area contributed by atoms with Gasteiger partial charge in [0.05, 0.1) is 7.11 Å². The van der Waals surface area contributed by atoms with Gasteiger partial charge in [0, 0.05) is 16.8 Å². The highest BCUT2D eigenvalue weighted by Gasteiger charge is 2.06. The maximum Gasteiger partial charge on any atom is 0.127 e. The smallest absolute Gasteiger partial charge is 0.127 e. The first-order valence-electron chi connectivity index (χ1n) is 4.72. The Kier molecular flexibility index (Phi) is 2.59. The lowest BCUT2D eigenvalue weighted by atomic mass is 10.0. The van der Waals surface area contributed by atoms with Crippen molar-refractivity contribution in [2.45, 2.75) is 0 Å². The summed E-state index contributed by atoms with van der Waals surface area (Å²) in [6.45, 7) is 0. The van der Waals surface area contributed by atoms with E-state index < -0.39 is 0 Å². The highest BCUT2D eigenvalue weighted by molar-refractivity contribution is 5.80. The molecule has 0 aromatic heterocycles. The minimum atomic E-state index is 0.752. The van der Waals surface area contributed by atoms with Crippen molar-refractivity contribution < 1.29 is 4.74 Å². The van der Waals surface area contributed by atoms with E-state index in [2.05, 4.69) is 6.07 Å². The van der Waals surface area contributed by atoms with Crippen LogP contribution in [0.4, 0.5) is 5.69 Å². The van der Waals surface area contributed by atoms with Crippen LogP contribution in [0.2, 0.25) is 0 Å². The molecule has 0 bridgehead atoms. The fourth-order valence-corrected chi connectivity index (χ4v) is 1.55. The Morgan fingerprint density at radius 1 is 1.13 bits per heavy atom. The summed E-state index contributed by atoms with van der Waals surface area (Å²) in [5.41, 5.74) is 8.65. The number of nitrogen functional groups attached to an aromatic ring is 1. The number of para-hydroxylation sites is 1. The first kappa shape index (κ1) is 9.59. The second kappa shape index (κ2) is 4.05. The Morgan fingerprint density at radius 2 is 1.93 bits per heavy atom. The van der Waals surface area contributed by atoms with E-state index in [0.717, 1.165) is 22.6 Å². The molecule has 2 aromatic rings. The van der Waals surface area contributed by atoms with Crippen LogP contribution < -0.4 is 10.5 Å². The fraction of sp³-hybridized carbons (Fsp3) is 0.0769. The van der Waals surface area contributed by atoms with Gasteiger partial charge in [-0.25, -0.2) is 0 Å². The van der Waals surface area contributed by atoms with Crippen LogP contribution in [-0.2, 0) is 0 Å². The maximum atomic E-state index is 5.91. The lowest BCUT2D eigenvalue weighted by Crippen LogP contribution is -1.92. The molecular formula is C13H12NO. The molecule has 1 radical (unpaired) electrons. The summed E-state index contributed by atoms with van der Waals surface area (Å²) in [6, 6.07) is 16.3. The Bertz CT molecular complexity index is 466. The third-order valence-electron chi connectivity index (χ3n) is 2.30. The van der Waals surface area contributed by atoms with Gasteiger partial charge < -0.3 is 10.5 Å². The zero-order valence-electron chi connectivity index (χ0n) is 8.53. The number of methoxy groups -OCH3 is 1. The van der Waals surface area contributed by atoms with Gasteiger partial charge in [0.15, 0.2) is 0 Å². The van der Waals surface area contributed by atoms with Crippen molar-refractivity contribution in [2.75, 3.05) is 12.8 Å². The van der Waals surface area contributed by atoms with Gasteiger partial charge in [-0.15, -0.1) is 0 Å². The number of benzene rings is 2. The number of hydrogen-bond donors (Lipinski definition) is 1. The highest BCUT2D eigenvalue weighted by atomic mass is 16.5. The van der Waals surface area contributed by atoms with Gasteiger partial charge in [0.25, 0.3) is 0 Å². The van der Waals surface area contributed by atoms with Crippen LogP contribution in [0.1, 0.15) is 0 Å². The molecule has 15 heavy (non-hydrogen) atoms. The van der Waals surface area contributed by atoms with E-state index in [1.807, 2.05) is 42.5 Å². The predicted molar refractivity (Wildman–Crippen MR) is 61.7 cm³/mol. The van der Waals surface area contributed by atoms with Gasteiger partial charge in [-0.3, -0.25) is 0 Å².